The minimum absolute atomic E-state index is 0.0384. The van der Waals surface area contributed by atoms with Crippen molar-refractivity contribution in [2.24, 2.45) is 0 Å². The average Bonchev–Trinajstić information content (AvgIpc) is 2.38. The van der Waals surface area contributed by atoms with Gasteiger partial charge in [0.25, 0.3) is 0 Å². The lowest BCUT2D eigenvalue weighted by Gasteiger charge is -2.47. The highest BCUT2D eigenvalue weighted by molar-refractivity contribution is 6.30. The Bertz CT molecular complexity index is 441. The Kier molecular flexibility index (Phi) is 5.30. The van der Waals surface area contributed by atoms with Gasteiger partial charge in [0, 0.05) is 18.2 Å². The van der Waals surface area contributed by atoms with Gasteiger partial charge in [-0.3, -0.25) is 0 Å². The van der Waals surface area contributed by atoms with Crippen molar-refractivity contribution >= 4 is 11.6 Å². The van der Waals surface area contributed by atoms with Crippen molar-refractivity contribution in [2.75, 3.05) is 20.8 Å². The maximum atomic E-state index is 6.12. The van der Waals surface area contributed by atoms with Crippen LogP contribution in [0, 0.1) is 0 Å². The first-order valence-corrected chi connectivity index (χ1v) is 7.64. The molecule has 0 aromatic heterocycles. The van der Waals surface area contributed by atoms with Gasteiger partial charge in [-0.2, -0.15) is 0 Å². The molecule has 1 saturated carbocycles. The van der Waals surface area contributed by atoms with E-state index in [0.29, 0.717) is 6.04 Å². The van der Waals surface area contributed by atoms with Gasteiger partial charge in [-0.25, -0.2) is 0 Å². The zero-order chi connectivity index (χ0) is 14.6. The molecule has 1 unspecified atom stereocenters. The summed E-state index contributed by atoms with van der Waals surface area (Å²) in [5.74, 6) is 0.892. The van der Waals surface area contributed by atoms with Gasteiger partial charge in [-0.15, -0.1) is 0 Å². The van der Waals surface area contributed by atoms with Crippen molar-refractivity contribution in [1.82, 2.24) is 5.32 Å². The predicted octanol–water partition coefficient (Wildman–Crippen LogP) is 3.44. The first kappa shape index (κ1) is 15.6. The Morgan fingerprint density at radius 2 is 2.10 bits per heavy atom. The maximum Gasteiger partial charge on any atom is 0.122 e. The average molecular weight is 298 g/mol. The molecule has 0 bridgehead atoms. The number of methoxy groups -OCH3 is 2. The zero-order valence-electron chi connectivity index (χ0n) is 12.5. The van der Waals surface area contributed by atoms with Gasteiger partial charge in [-0.1, -0.05) is 18.5 Å². The summed E-state index contributed by atoms with van der Waals surface area (Å²) in [6.45, 7) is 3.06. The molecule has 1 aliphatic carbocycles. The molecule has 1 fully saturated rings. The van der Waals surface area contributed by atoms with E-state index >= 15 is 0 Å². The smallest absolute Gasteiger partial charge is 0.122 e. The molecular weight excluding hydrogens is 274 g/mol. The Balaban J connectivity index is 2.21. The number of ether oxygens (including phenoxy) is 2. The van der Waals surface area contributed by atoms with Gasteiger partial charge >= 0.3 is 0 Å². The van der Waals surface area contributed by atoms with Gasteiger partial charge in [0.2, 0.25) is 0 Å². The molecule has 1 aliphatic rings. The molecule has 0 amide bonds. The number of benzene rings is 1. The zero-order valence-corrected chi connectivity index (χ0v) is 13.3. The van der Waals surface area contributed by atoms with Crippen molar-refractivity contribution in [2.45, 2.75) is 44.2 Å². The molecule has 1 N–H and O–H groups in total. The fraction of sp³-hybridized carbons (Fsp3) is 0.625. The van der Waals surface area contributed by atoms with Crippen LogP contribution in [0.3, 0.4) is 0 Å². The van der Waals surface area contributed by atoms with Crippen molar-refractivity contribution < 1.29 is 9.47 Å². The van der Waals surface area contributed by atoms with Crippen LogP contribution in [0.5, 0.6) is 5.75 Å². The molecular formula is C16H24ClNO2. The van der Waals surface area contributed by atoms with Gasteiger partial charge in [0.05, 0.1) is 12.7 Å². The summed E-state index contributed by atoms with van der Waals surface area (Å²) < 4.78 is 11.3. The first-order chi connectivity index (χ1) is 9.65. The number of hydrogen-bond acceptors (Lipinski definition) is 3. The third kappa shape index (κ3) is 3.11. The summed E-state index contributed by atoms with van der Waals surface area (Å²) in [6.07, 6.45) is 4.34. The second-order valence-electron chi connectivity index (χ2n) is 5.39. The normalized spacial score (nSPS) is 18.4. The fourth-order valence-electron chi connectivity index (χ4n) is 3.04. The van der Waals surface area contributed by atoms with E-state index in [1.807, 2.05) is 25.3 Å². The minimum atomic E-state index is -0.0384. The molecule has 2 rings (SSSR count). The molecule has 0 spiro atoms. The van der Waals surface area contributed by atoms with Gasteiger partial charge in [-0.05, 0) is 56.0 Å². The van der Waals surface area contributed by atoms with E-state index < -0.39 is 0 Å². The van der Waals surface area contributed by atoms with Gasteiger partial charge in [0.15, 0.2) is 0 Å². The van der Waals surface area contributed by atoms with Gasteiger partial charge in [0.1, 0.15) is 5.75 Å². The van der Waals surface area contributed by atoms with Crippen molar-refractivity contribution in [3.8, 4) is 5.75 Å². The largest absolute Gasteiger partial charge is 0.496 e. The van der Waals surface area contributed by atoms with Crippen LogP contribution in [0.15, 0.2) is 18.2 Å². The lowest BCUT2D eigenvalue weighted by Crippen LogP contribution is -2.57. The summed E-state index contributed by atoms with van der Waals surface area (Å²) in [5.41, 5.74) is 1.10. The maximum absolute atomic E-state index is 6.12. The standard InChI is InChI=1S/C16H24ClNO2/c1-4-18-15(16(20-3)8-5-9-16)11-12-10-13(17)6-7-14(12)19-2/h6-7,10,15,18H,4-5,8-9,11H2,1-3H3. The van der Waals surface area contributed by atoms with Crippen LogP contribution < -0.4 is 10.1 Å². The highest BCUT2D eigenvalue weighted by atomic mass is 35.5. The van der Waals surface area contributed by atoms with Crippen LogP contribution in [-0.4, -0.2) is 32.4 Å². The number of hydrogen-bond donors (Lipinski definition) is 1. The Hall–Kier alpha value is -0.770. The molecule has 1 aromatic rings. The second-order valence-corrected chi connectivity index (χ2v) is 5.83. The lowest BCUT2D eigenvalue weighted by molar-refractivity contribution is -0.0978. The highest BCUT2D eigenvalue weighted by Crippen LogP contribution is 2.40. The van der Waals surface area contributed by atoms with Crippen molar-refractivity contribution in [3.05, 3.63) is 28.8 Å². The molecule has 0 heterocycles. The molecule has 20 heavy (non-hydrogen) atoms. The molecule has 1 atom stereocenters. The highest BCUT2D eigenvalue weighted by Gasteiger charge is 2.44. The van der Waals surface area contributed by atoms with E-state index in [9.17, 15) is 0 Å². The van der Waals surface area contributed by atoms with Crippen LogP contribution in [0.2, 0.25) is 5.02 Å². The Labute approximate surface area is 126 Å². The third-order valence-corrected chi connectivity index (χ3v) is 4.59. The van der Waals surface area contributed by atoms with E-state index in [-0.39, 0.29) is 5.60 Å². The van der Waals surface area contributed by atoms with Crippen LogP contribution >= 0.6 is 11.6 Å². The molecule has 0 aliphatic heterocycles. The Morgan fingerprint density at radius 3 is 2.60 bits per heavy atom. The number of rotatable bonds is 7. The molecule has 112 valence electrons. The lowest BCUT2D eigenvalue weighted by atomic mass is 9.72. The summed E-state index contributed by atoms with van der Waals surface area (Å²) in [6, 6.07) is 6.08. The van der Waals surface area contributed by atoms with Crippen molar-refractivity contribution in [1.29, 1.82) is 0 Å². The van der Waals surface area contributed by atoms with E-state index in [1.165, 1.54) is 6.42 Å². The fourth-order valence-corrected chi connectivity index (χ4v) is 3.23. The summed E-state index contributed by atoms with van der Waals surface area (Å²) in [7, 11) is 3.52. The quantitative estimate of drug-likeness (QED) is 0.836. The Morgan fingerprint density at radius 1 is 1.35 bits per heavy atom. The SMILES string of the molecule is CCNC(Cc1cc(Cl)ccc1OC)C1(OC)CCC1. The first-order valence-electron chi connectivity index (χ1n) is 7.26. The molecule has 4 heteroatoms. The van der Waals surface area contributed by atoms with E-state index in [1.54, 1.807) is 7.11 Å². The van der Waals surface area contributed by atoms with E-state index in [0.717, 1.165) is 42.1 Å². The van der Waals surface area contributed by atoms with E-state index in [4.69, 9.17) is 21.1 Å². The second kappa shape index (κ2) is 6.79. The number of likely N-dealkylation sites (N-methyl/N-ethyl adjacent to an activating group) is 1. The van der Waals surface area contributed by atoms with Gasteiger partial charge < -0.3 is 14.8 Å². The summed E-state index contributed by atoms with van der Waals surface area (Å²) in [5, 5.41) is 4.32. The predicted molar refractivity (Wildman–Crippen MR) is 82.8 cm³/mol. The molecule has 3 nitrogen and oxygen atoms in total. The number of halogens is 1. The molecule has 0 saturated heterocycles. The topological polar surface area (TPSA) is 30.5 Å². The van der Waals surface area contributed by atoms with Crippen LogP contribution in [0.4, 0.5) is 0 Å². The van der Waals surface area contributed by atoms with Crippen LogP contribution in [0.1, 0.15) is 31.7 Å². The van der Waals surface area contributed by atoms with Crippen molar-refractivity contribution in [3.63, 3.8) is 0 Å². The van der Waals surface area contributed by atoms with Crippen LogP contribution in [-0.2, 0) is 11.2 Å². The van der Waals surface area contributed by atoms with E-state index in [2.05, 4.69) is 12.2 Å². The number of nitrogens with one attached hydrogen (secondary N) is 1. The molecule has 0 radical (unpaired) electrons. The summed E-state index contributed by atoms with van der Waals surface area (Å²) in [4.78, 5) is 0. The minimum Gasteiger partial charge on any atom is -0.496 e. The van der Waals surface area contributed by atoms with Crippen LogP contribution in [0.25, 0.3) is 0 Å². The summed E-state index contributed by atoms with van der Waals surface area (Å²) >= 11 is 6.12. The third-order valence-electron chi connectivity index (χ3n) is 4.36. The molecule has 1 aromatic carbocycles. The monoisotopic (exact) mass is 297 g/mol.